The van der Waals surface area contributed by atoms with Crippen LogP contribution in [0.4, 0.5) is 25.8 Å². The number of hydrogen-bond donors (Lipinski definition) is 5. The molecule has 19 heteroatoms. The minimum Gasteiger partial charge on any atom is -0.478 e. The third-order valence-electron chi connectivity index (χ3n) is 15.6. The number of carboxylic acids is 1. The normalized spacial score (nSPS) is 14.9. The number of carbonyl (C=O) groups is 5. The molecule has 10 rings (SSSR count). The summed E-state index contributed by atoms with van der Waals surface area (Å²) in [7, 11) is 0. The topological polar surface area (TPSA) is 229 Å². The van der Waals surface area contributed by atoms with E-state index in [2.05, 4.69) is 42.3 Å². The maximum atomic E-state index is 15.1. The Hall–Kier alpha value is -8.15. The number of unbranched alkanes of at least 4 members (excludes halogenated alkanes) is 3. The van der Waals surface area contributed by atoms with E-state index in [0.717, 1.165) is 136 Å². The Morgan fingerprint density at radius 1 is 0.756 bits per heavy atom. The Morgan fingerprint density at radius 2 is 1.46 bits per heavy atom. The average Bonchev–Trinajstić information content (AvgIpc) is 3.86. The molecule has 5 aromatic carbocycles. The van der Waals surface area contributed by atoms with E-state index >= 15 is 8.78 Å². The van der Waals surface area contributed by atoms with Gasteiger partial charge in [0.25, 0.3) is 11.8 Å². The maximum absolute atomic E-state index is 15.1. The van der Waals surface area contributed by atoms with Gasteiger partial charge in [-0.25, -0.2) is 23.6 Å². The smallest absolute Gasteiger partial charge is 0.336 e. The minimum absolute atomic E-state index is 0.0307. The lowest BCUT2D eigenvalue weighted by Gasteiger charge is -2.35. The average molecular weight is 1060 g/mol. The summed E-state index contributed by atoms with van der Waals surface area (Å²) in [4.78, 5) is 72.4. The Kier molecular flexibility index (Phi) is 16.1. The molecule has 5 aromatic rings. The molecule has 0 atom stereocenters. The molecule has 5 aliphatic rings. The summed E-state index contributed by atoms with van der Waals surface area (Å²) in [5.41, 5.74) is 18.4. The number of halogens is 2. The van der Waals surface area contributed by atoms with E-state index in [1.807, 2.05) is 0 Å². The van der Waals surface area contributed by atoms with Crippen molar-refractivity contribution >= 4 is 52.2 Å². The molecule has 404 valence electrons. The van der Waals surface area contributed by atoms with Gasteiger partial charge in [0.2, 0.25) is 17.2 Å². The first-order valence-corrected chi connectivity index (χ1v) is 27.1. The molecule has 0 aliphatic carbocycles. The number of hydroxylamine groups is 1. The molecule has 5 aliphatic heterocycles. The number of hydrogen-bond acceptors (Lipinski definition) is 9. The first-order valence-electron chi connectivity index (χ1n) is 27.1. The molecule has 17 nitrogen and oxygen atoms in total. The molecule has 5 N–H and O–H groups in total. The van der Waals surface area contributed by atoms with Crippen LogP contribution in [0.2, 0.25) is 0 Å². The number of fused-ring (bicyclic) bond motifs is 4. The van der Waals surface area contributed by atoms with Crippen LogP contribution in [0.25, 0.3) is 16.0 Å². The van der Waals surface area contributed by atoms with E-state index in [1.165, 1.54) is 51.3 Å². The van der Waals surface area contributed by atoms with Crippen LogP contribution < -0.4 is 40.9 Å². The first kappa shape index (κ1) is 53.3. The van der Waals surface area contributed by atoms with Crippen LogP contribution in [0.15, 0.2) is 71.8 Å². The van der Waals surface area contributed by atoms with Crippen molar-refractivity contribution in [2.24, 2.45) is 5.11 Å². The van der Waals surface area contributed by atoms with Crippen molar-refractivity contribution in [2.45, 2.75) is 109 Å². The lowest BCUT2D eigenvalue weighted by atomic mass is 9.82. The van der Waals surface area contributed by atoms with Gasteiger partial charge in [0.15, 0.2) is 0 Å². The zero-order chi connectivity index (χ0) is 54.5. The SMILES string of the molecule is [N-]=[N+]=Nc1c(F)cc(CN(CCNC(=O)c2ccc(C(=O)O)c(C3=c4cc5c6c(c4Oc4c3cc3c7c4CCCN7CCCC3)CCC[N+]=6CCCC5)c2)C(=O)c2ccc(NC(=O)CCCCCCC(=O)NO)cc2)cc1F. The number of nitrogens with zero attached hydrogens (tertiary/aromatic N) is 6. The van der Waals surface area contributed by atoms with Gasteiger partial charge >= 0.3 is 5.97 Å². The molecular weight excluding hydrogens is 1000 g/mol. The van der Waals surface area contributed by atoms with Crippen LogP contribution in [0.5, 0.6) is 11.5 Å². The molecule has 0 saturated carbocycles. The Morgan fingerprint density at radius 3 is 2.22 bits per heavy atom. The number of aromatic carboxylic acids is 1. The number of rotatable bonds is 18. The lowest BCUT2D eigenvalue weighted by molar-refractivity contribution is -0.129. The third kappa shape index (κ3) is 11.2. The quantitative estimate of drug-likeness (QED) is 0.0105. The third-order valence-corrected chi connectivity index (χ3v) is 15.6. The van der Waals surface area contributed by atoms with E-state index < -0.39 is 41.0 Å². The number of aryl methyl sites for hydroxylation is 2. The van der Waals surface area contributed by atoms with Gasteiger partial charge in [-0.1, -0.05) is 18.0 Å². The zero-order valence-corrected chi connectivity index (χ0v) is 43.4. The molecule has 0 radical (unpaired) electrons. The standard InChI is InChI=1S/C59H61F2N9O8/c60-47-29-35(30-48(61)52(47)65-67-62)34-70(58(74)36-17-20-40(21-18-36)64-49(71)15-3-1-2-4-16-50(72)66-77)28-23-63-57(73)39-19-22-41(59(75)76)44(33-39)51-45-31-37-11-5-7-24-68-26-9-13-42(53(37)68)55(45)78-56-43-14-10-27-69-25-8-6-12-38(54(43)69)32-46(51)56/h17-22,29-33H,1-16,23-28,34H2,(H4-,63,64,66,71,72,73,74,75,76,77)/p+1. The van der Waals surface area contributed by atoms with Gasteiger partial charge in [0, 0.05) is 113 Å². The van der Waals surface area contributed by atoms with Crippen LogP contribution in [0, 0.1) is 11.6 Å². The molecule has 4 amide bonds. The highest BCUT2D eigenvalue weighted by Gasteiger charge is 2.36. The van der Waals surface area contributed by atoms with Crippen molar-refractivity contribution in [3.8, 4) is 11.5 Å². The molecule has 78 heavy (non-hydrogen) atoms. The molecule has 0 spiro atoms. The number of carbonyl (C=O) groups excluding carboxylic acids is 4. The Bertz CT molecular complexity index is 3410. The fourth-order valence-electron chi connectivity index (χ4n) is 12.0. The number of nitrogens with one attached hydrogen (secondary N) is 3. The molecule has 0 unspecified atom stereocenters. The van der Waals surface area contributed by atoms with Gasteiger partial charge in [0.05, 0.1) is 11.1 Å². The fraction of sp³-hybridized carbons (Fsp3) is 0.390. The van der Waals surface area contributed by atoms with Gasteiger partial charge in [-0.3, -0.25) is 24.4 Å². The van der Waals surface area contributed by atoms with Crippen molar-refractivity contribution < 1.29 is 47.8 Å². The zero-order valence-electron chi connectivity index (χ0n) is 43.4. The summed E-state index contributed by atoms with van der Waals surface area (Å²) in [6, 6.07) is 17.0. The van der Waals surface area contributed by atoms with Crippen molar-refractivity contribution in [1.82, 2.24) is 20.3 Å². The van der Waals surface area contributed by atoms with Gasteiger partial charge in [-0.05, 0) is 153 Å². The fourth-order valence-corrected chi connectivity index (χ4v) is 12.0. The van der Waals surface area contributed by atoms with Gasteiger partial charge in [0.1, 0.15) is 41.9 Å². The van der Waals surface area contributed by atoms with Crippen molar-refractivity contribution in [3.63, 3.8) is 0 Å². The molecule has 0 aromatic heterocycles. The van der Waals surface area contributed by atoms with Crippen LogP contribution in [-0.4, -0.2) is 84.1 Å². The summed E-state index contributed by atoms with van der Waals surface area (Å²) in [5.74, 6) is -3.71. The minimum atomic E-state index is -1.15. The van der Waals surface area contributed by atoms with Crippen LogP contribution in [0.1, 0.15) is 147 Å². The predicted molar refractivity (Wildman–Crippen MR) is 288 cm³/mol. The number of azide groups is 1. The Labute approximate surface area is 449 Å². The predicted octanol–water partition coefficient (Wildman–Crippen LogP) is 8.68. The number of anilines is 2. The highest BCUT2D eigenvalue weighted by molar-refractivity contribution is 6.03. The highest BCUT2D eigenvalue weighted by Crippen LogP contribution is 2.48. The maximum Gasteiger partial charge on any atom is 0.336 e. The molecular formula is C59H62F2N9O8+. The van der Waals surface area contributed by atoms with Crippen molar-refractivity contribution in [3.05, 3.63) is 155 Å². The molecule has 0 fully saturated rings. The summed E-state index contributed by atoms with van der Waals surface area (Å²) in [5, 5.41) is 30.5. The van der Waals surface area contributed by atoms with E-state index in [9.17, 15) is 29.1 Å². The van der Waals surface area contributed by atoms with Gasteiger partial charge in [-0.15, -0.1) is 0 Å². The molecule has 0 bridgehead atoms. The highest BCUT2D eigenvalue weighted by atomic mass is 19.1. The second-order valence-corrected chi connectivity index (χ2v) is 20.8. The van der Waals surface area contributed by atoms with Crippen molar-refractivity contribution in [2.75, 3.05) is 49.5 Å². The number of benzene rings is 5. The van der Waals surface area contributed by atoms with E-state index in [-0.39, 0.29) is 60.6 Å². The van der Waals surface area contributed by atoms with Crippen LogP contribution in [-0.2, 0) is 41.8 Å². The largest absolute Gasteiger partial charge is 0.478 e. The summed E-state index contributed by atoms with van der Waals surface area (Å²) >= 11 is 0. The van der Waals surface area contributed by atoms with E-state index in [1.54, 1.807) is 23.7 Å². The van der Waals surface area contributed by atoms with Crippen molar-refractivity contribution in [1.29, 1.82) is 0 Å². The summed E-state index contributed by atoms with van der Waals surface area (Å²) < 4.78 is 39.9. The van der Waals surface area contributed by atoms with Gasteiger partial charge in [-0.2, -0.15) is 0 Å². The van der Waals surface area contributed by atoms with E-state index in [0.29, 0.717) is 42.5 Å². The number of carboxylic acid groups (broad SMARTS) is 1. The monoisotopic (exact) mass is 1060 g/mol. The second kappa shape index (κ2) is 23.6. The van der Waals surface area contributed by atoms with Gasteiger partial charge < -0.3 is 30.3 Å². The number of ether oxygens (including phenoxy) is 1. The summed E-state index contributed by atoms with van der Waals surface area (Å²) in [6.07, 6.45) is 12.5. The Balaban J connectivity index is 0.949. The number of amides is 4. The second-order valence-electron chi connectivity index (χ2n) is 20.8. The van der Waals surface area contributed by atoms with Crippen LogP contribution >= 0.6 is 0 Å². The first-order chi connectivity index (χ1) is 37.9. The van der Waals surface area contributed by atoms with Crippen LogP contribution in [0.3, 0.4) is 0 Å². The van der Waals surface area contributed by atoms with E-state index in [4.69, 9.17) is 15.5 Å². The summed E-state index contributed by atoms with van der Waals surface area (Å²) in [6.45, 7) is 3.27. The lowest BCUT2D eigenvalue weighted by Crippen LogP contribution is -2.41. The molecule has 0 saturated heterocycles. The molecule has 5 heterocycles.